The summed E-state index contributed by atoms with van der Waals surface area (Å²) < 4.78 is 12.9. The number of halogens is 1. The van der Waals surface area contributed by atoms with E-state index < -0.39 is 0 Å². The molecule has 1 aromatic rings. The quantitative estimate of drug-likeness (QED) is 0.802. The van der Waals surface area contributed by atoms with Crippen LogP contribution in [0.4, 0.5) is 10.1 Å². The fourth-order valence-electron chi connectivity index (χ4n) is 2.38. The zero-order chi connectivity index (χ0) is 13.2. The highest BCUT2D eigenvalue weighted by Crippen LogP contribution is 2.49. The molecule has 1 aromatic carbocycles. The number of rotatable bonds is 6. The Kier molecular flexibility index (Phi) is 3.85. The van der Waals surface area contributed by atoms with Crippen molar-refractivity contribution < 1.29 is 4.39 Å². The molecule has 0 bridgehead atoms. The standard InChI is InChI=1S/C14H19FN2S/c1-2-17(12-5-3-11(15)4-6-12)10-14(7-8-14)9-13(16)18/h3-6H,2,7-10H2,1H3,(H2,16,18). The van der Waals surface area contributed by atoms with Gasteiger partial charge in [0, 0.05) is 25.2 Å². The summed E-state index contributed by atoms with van der Waals surface area (Å²) in [5.74, 6) is -0.195. The Morgan fingerprint density at radius 3 is 2.44 bits per heavy atom. The zero-order valence-electron chi connectivity index (χ0n) is 10.7. The second-order valence-corrected chi connectivity index (χ2v) is 5.66. The van der Waals surface area contributed by atoms with Gasteiger partial charge in [0.1, 0.15) is 5.82 Å². The molecule has 0 heterocycles. The Hall–Kier alpha value is -1.16. The van der Waals surface area contributed by atoms with Crippen LogP contribution in [0.2, 0.25) is 0 Å². The van der Waals surface area contributed by atoms with E-state index in [-0.39, 0.29) is 11.2 Å². The van der Waals surface area contributed by atoms with Crippen molar-refractivity contribution in [3.8, 4) is 0 Å². The van der Waals surface area contributed by atoms with Crippen LogP contribution < -0.4 is 10.6 Å². The van der Waals surface area contributed by atoms with E-state index in [9.17, 15) is 4.39 Å². The number of nitrogens with two attached hydrogens (primary N) is 1. The van der Waals surface area contributed by atoms with Gasteiger partial charge in [0.25, 0.3) is 0 Å². The van der Waals surface area contributed by atoms with E-state index in [1.54, 1.807) is 0 Å². The summed E-state index contributed by atoms with van der Waals surface area (Å²) in [6, 6.07) is 6.67. The fourth-order valence-corrected chi connectivity index (χ4v) is 2.69. The number of hydrogen-bond donors (Lipinski definition) is 1. The van der Waals surface area contributed by atoms with Crippen LogP contribution in [0.25, 0.3) is 0 Å². The third kappa shape index (κ3) is 3.19. The molecule has 1 fully saturated rings. The van der Waals surface area contributed by atoms with Crippen LogP contribution in [0.15, 0.2) is 24.3 Å². The number of thiocarbonyl (C=S) groups is 1. The lowest BCUT2D eigenvalue weighted by Gasteiger charge is -2.28. The maximum atomic E-state index is 12.9. The molecule has 0 aliphatic heterocycles. The van der Waals surface area contributed by atoms with Gasteiger partial charge in [-0.1, -0.05) is 12.2 Å². The molecular formula is C14H19FN2S. The predicted molar refractivity (Wildman–Crippen MR) is 77.4 cm³/mol. The molecule has 1 aliphatic carbocycles. The van der Waals surface area contributed by atoms with Gasteiger partial charge in [-0.2, -0.15) is 0 Å². The van der Waals surface area contributed by atoms with Crippen molar-refractivity contribution in [2.24, 2.45) is 11.1 Å². The Morgan fingerprint density at radius 1 is 1.39 bits per heavy atom. The third-order valence-electron chi connectivity index (χ3n) is 3.61. The average Bonchev–Trinajstić information content (AvgIpc) is 3.06. The minimum absolute atomic E-state index is 0.195. The molecule has 1 saturated carbocycles. The summed E-state index contributed by atoms with van der Waals surface area (Å²) in [5, 5.41) is 0. The SMILES string of the molecule is CCN(CC1(CC(N)=S)CC1)c1ccc(F)cc1. The first-order chi connectivity index (χ1) is 8.54. The maximum Gasteiger partial charge on any atom is 0.123 e. The first-order valence-electron chi connectivity index (χ1n) is 6.33. The molecular weight excluding hydrogens is 247 g/mol. The topological polar surface area (TPSA) is 29.3 Å². The van der Waals surface area contributed by atoms with Crippen LogP contribution in [-0.4, -0.2) is 18.1 Å². The minimum atomic E-state index is -0.195. The van der Waals surface area contributed by atoms with Crippen molar-refractivity contribution in [1.82, 2.24) is 0 Å². The monoisotopic (exact) mass is 266 g/mol. The van der Waals surface area contributed by atoms with Gasteiger partial charge in [-0.15, -0.1) is 0 Å². The first-order valence-corrected chi connectivity index (χ1v) is 6.74. The van der Waals surface area contributed by atoms with E-state index in [0.29, 0.717) is 4.99 Å². The third-order valence-corrected chi connectivity index (χ3v) is 3.75. The second-order valence-electron chi connectivity index (χ2n) is 5.13. The van der Waals surface area contributed by atoms with Gasteiger partial charge in [-0.05, 0) is 49.4 Å². The lowest BCUT2D eigenvalue weighted by molar-refractivity contribution is 0.521. The molecule has 1 aliphatic rings. The lowest BCUT2D eigenvalue weighted by atomic mass is 10.0. The van der Waals surface area contributed by atoms with Gasteiger partial charge in [0.2, 0.25) is 0 Å². The first kappa shape index (κ1) is 13.3. The van der Waals surface area contributed by atoms with Crippen molar-refractivity contribution in [3.63, 3.8) is 0 Å². The largest absolute Gasteiger partial charge is 0.393 e. The lowest BCUT2D eigenvalue weighted by Crippen LogP contribution is -2.32. The van der Waals surface area contributed by atoms with E-state index >= 15 is 0 Å². The highest BCUT2D eigenvalue weighted by molar-refractivity contribution is 7.80. The van der Waals surface area contributed by atoms with Crippen LogP contribution in [0.1, 0.15) is 26.2 Å². The van der Waals surface area contributed by atoms with Gasteiger partial charge in [0.15, 0.2) is 0 Å². The van der Waals surface area contributed by atoms with Gasteiger partial charge >= 0.3 is 0 Å². The van der Waals surface area contributed by atoms with Crippen molar-refractivity contribution >= 4 is 22.9 Å². The summed E-state index contributed by atoms with van der Waals surface area (Å²) >= 11 is 5.02. The van der Waals surface area contributed by atoms with Crippen molar-refractivity contribution in [2.75, 3.05) is 18.0 Å². The molecule has 18 heavy (non-hydrogen) atoms. The average molecular weight is 266 g/mol. The summed E-state index contributed by atoms with van der Waals surface area (Å²) in [6.07, 6.45) is 3.18. The molecule has 0 atom stereocenters. The highest BCUT2D eigenvalue weighted by atomic mass is 32.1. The van der Waals surface area contributed by atoms with Crippen molar-refractivity contribution in [1.29, 1.82) is 0 Å². The van der Waals surface area contributed by atoms with Crippen LogP contribution >= 0.6 is 12.2 Å². The summed E-state index contributed by atoms with van der Waals surface area (Å²) in [6.45, 7) is 3.97. The molecule has 0 amide bonds. The molecule has 2 nitrogen and oxygen atoms in total. The van der Waals surface area contributed by atoms with Crippen LogP contribution in [0.3, 0.4) is 0 Å². The molecule has 0 spiro atoms. The maximum absolute atomic E-state index is 12.9. The van der Waals surface area contributed by atoms with Gasteiger partial charge < -0.3 is 10.6 Å². The molecule has 2 N–H and O–H groups in total. The van der Waals surface area contributed by atoms with Gasteiger partial charge in [-0.25, -0.2) is 4.39 Å². The van der Waals surface area contributed by atoms with Crippen LogP contribution in [0.5, 0.6) is 0 Å². The Balaban J connectivity index is 2.06. The van der Waals surface area contributed by atoms with E-state index in [4.69, 9.17) is 18.0 Å². The summed E-state index contributed by atoms with van der Waals surface area (Å²) in [7, 11) is 0. The van der Waals surface area contributed by atoms with Gasteiger partial charge in [0.05, 0.1) is 4.99 Å². The predicted octanol–water partition coefficient (Wildman–Crippen LogP) is 3.11. The number of nitrogens with zero attached hydrogens (tertiary/aromatic N) is 1. The number of anilines is 1. The smallest absolute Gasteiger partial charge is 0.123 e. The molecule has 2 rings (SSSR count). The second kappa shape index (κ2) is 5.22. The fraction of sp³-hybridized carbons (Fsp3) is 0.500. The summed E-state index contributed by atoms with van der Waals surface area (Å²) in [5.41, 5.74) is 6.98. The van der Waals surface area contributed by atoms with Crippen LogP contribution in [-0.2, 0) is 0 Å². The van der Waals surface area contributed by atoms with E-state index in [2.05, 4.69) is 11.8 Å². The normalized spacial score (nSPS) is 16.3. The van der Waals surface area contributed by atoms with Crippen molar-refractivity contribution in [3.05, 3.63) is 30.1 Å². The molecule has 0 unspecified atom stereocenters. The summed E-state index contributed by atoms with van der Waals surface area (Å²) in [4.78, 5) is 2.87. The van der Waals surface area contributed by atoms with Gasteiger partial charge in [-0.3, -0.25) is 0 Å². The molecule has 4 heteroatoms. The van der Waals surface area contributed by atoms with Crippen LogP contribution in [0, 0.1) is 11.2 Å². The zero-order valence-corrected chi connectivity index (χ0v) is 11.5. The van der Waals surface area contributed by atoms with Crippen molar-refractivity contribution in [2.45, 2.75) is 26.2 Å². The van der Waals surface area contributed by atoms with E-state index in [1.165, 1.54) is 25.0 Å². The Bertz CT molecular complexity index is 426. The van der Waals surface area contributed by atoms with E-state index in [1.807, 2.05) is 12.1 Å². The Labute approximate surface area is 113 Å². The Morgan fingerprint density at radius 2 is 2.00 bits per heavy atom. The molecule has 0 aromatic heterocycles. The van der Waals surface area contributed by atoms with E-state index in [0.717, 1.165) is 25.2 Å². The molecule has 0 radical (unpaired) electrons. The number of hydrogen-bond acceptors (Lipinski definition) is 2. The molecule has 0 saturated heterocycles. The number of benzene rings is 1. The minimum Gasteiger partial charge on any atom is -0.393 e. The molecule has 98 valence electrons. The highest BCUT2D eigenvalue weighted by Gasteiger charge is 2.44.